The van der Waals surface area contributed by atoms with Crippen molar-refractivity contribution in [3.8, 4) is 11.1 Å². The summed E-state index contributed by atoms with van der Waals surface area (Å²) >= 11 is 0. The quantitative estimate of drug-likeness (QED) is 0.364. The predicted molar refractivity (Wildman–Crippen MR) is 136 cm³/mol. The maximum Gasteiger partial charge on any atom is 0.0710 e. The number of rotatable bonds is 6. The summed E-state index contributed by atoms with van der Waals surface area (Å²) in [6.07, 6.45) is 16.6. The fourth-order valence-corrected chi connectivity index (χ4v) is 4.91. The van der Waals surface area contributed by atoms with Gasteiger partial charge in [-0.1, -0.05) is 110 Å². The van der Waals surface area contributed by atoms with E-state index in [0.29, 0.717) is 0 Å². The molecule has 0 nitrogen and oxygen atoms in total. The number of fused-ring (bicyclic) bond motifs is 4. The van der Waals surface area contributed by atoms with Crippen LogP contribution in [-0.4, -0.2) is 0 Å². The van der Waals surface area contributed by atoms with E-state index in [0.717, 1.165) is 5.57 Å². The molecule has 1 aliphatic rings. The molecule has 3 aromatic carbocycles. The molecule has 0 aliphatic heterocycles. The van der Waals surface area contributed by atoms with Crippen LogP contribution in [0.1, 0.15) is 25.0 Å². The molecule has 0 heteroatoms. The lowest BCUT2D eigenvalue weighted by molar-refractivity contribution is 0.765. The molecular weight excluding hydrogens is 372 g/mol. The average Bonchev–Trinajstić information content (AvgIpc) is 3.09. The van der Waals surface area contributed by atoms with Gasteiger partial charge in [0, 0.05) is 0 Å². The fraction of sp³-hybridized carbons (Fsp3) is 0.0968. The van der Waals surface area contributed by atoms with E-state index in [1.807, 2.05) is 25.2 Å². The zero-order valence-electron chi connectivity index (χ0n) is 18.3. The minimum atomic E-state index is -0.439. The van der Waals surface area contributed by atoms with E-state index >= 15 is 0 Å². The Morgan fingerprint density at radius 3 is 2.16 bits per heavy atom. The second kappa shape index (κ2) is 8.62. The monoisotopic (exact) mass is 400 g/mol. The summed E-state index contributed by atoms with van der Waals surface area (Å²) in [5.41, 5.74) is 7.09. The van der Waals surface area contributed by atoms with E-state index in [4.69, 9.17) is 0 Å². The molecule has 0 amide bonds. The number of hydrogen-bond acceptors (Lipinski definition) is 0. The fourth-order valence-electron chi connectivity index (χ4n) is 4.91. The van der Waals surface area contributed by atoms with Crippen LogP contribution in [0.5, 0.6) is 0 Å². The molecule has 0 bridgehead atoms. The molecule has 152 valence electrons. The van der Waals surface area contributed by atoms with Gasteiger partial charge in [0.05, 0.1) is 5.41 Å². The molecule has 0 saturated heterocycles. The Kier molecular flexibility index (Phi) is 5.73. The zero-order valence-corrected chi connectivity index (χ0v) is 18.3. The van der Waals surface area contributed by atoms with Gasteiger partial charge in [0.25, 0.3) is 0 Å². The van der Waals surface area contributed by atoms with Crippen molar-refractivity contribution < 1.29 is 0 Å². The average molecular weight is 401 g/mol. The van der Waals surface area contributed by atoms with Gasteiger partial charge in [0.15, 0.2) is 0 Å². The van der Waals surface area contributed by atoms with Gasteiger partial charge < -0.3 is 0 Å². The molecule has 1 unspecified atom stereocenters. The highest BCUT2D eigenvalue weighted by atomic mass is 14.5. The molecule has 0 spiro atoms. The normalized spacial score (nSPS) is 18.5. The third-order valence-corrected chi connectivity index (χ3v) is 6.19. The Morgan fingerprint density at radius 1 is 0.774 bits per heavy atom. The van der Waals surface area contributed by atoms with E-state index in [-0.39, 0.29) is 0 Å². The Morgan fingerprint density at radius 2 is 1.48 bits per heavy atom. The van der Waals surface area contributed by atoms with Crippen molar-refractivity contribution in [2.75, 3.05) is 0 Å². The van der Waals surface area contributed by atoms with Crippen LogP contribution in [0.4, 0.5) is 0 Å². The first-order valence-corrected chi connectivity index (χ1v) is 10.8. The summed E-state index contributed by atoms with van der Waals surface area (Å²) in [5, 5.41) is 2.50. The Balaban J connectivity index is 2.22. The summed E-state index contributed by atoms with van der Waals surface area (Å²) in [4.78, 5) is 0. The molecule has 0 N–H and O–H groups in total. The zero-order chi connectivity index (χ0) is 21.8. The molecule has 3 aromatic rings. The van der Waals surface area contributed by atoms with Gasteiger partial charge in [-0.3, -0.25) is 0 Å². The van der Waals surface area contributed by atoms with Gasteiger partial charge in [-0.15, -0.1) is 0 Å². The highest BCUT2D eigenvalue weighted by molar-refractivity contribution is 5.96. The number of hydrogen-bond donors (Lipinski definition) is 0. The SMILES string of the molecule is C=C/C=C\C(=C/C)C1(/C(C=C)=C/C=C\C)c2ccccc2-c2cc3ccccc3cc21. The minimum Gasteiger partial charge on any atom is -0.0991 e. The summed E-state index contributed by atoms with van der Waals surface area (Å²) in [7, 11) is 0. The van der Waals surface area contributed by atoms with Crippen molar-refractivity contribution in [3.05, 3.63) is 145 Å². The lowest BCUT2D eigenvalue weighted by Gasteiger charge is -2.35. The molecule has 0 saturated carbocycles. The molecule has 1 atom stereocenters. The Bertz CT molecular complexity index is 1280. The summed E-state index contributed by atoms with van der Waals surface area (Å²) in [6, 6.07) is 22.1. The Labute approximate surface area is 186 Å². The molecule has 0 heterocycles. The first kappa shape index (κ1) is 20.6. The van der Waals surface area contributed by atoms with Crippen molar-refractivity contribution in [1.29, 1.82) is 0 Å². The van der Waals surface area contributed by atoms with Gasteiger partial charge in [0.1, 0.15) is 0 Å². The lowest BCUT2D eigenvalue weighted by Crippen LogP contribution is -2.29. The molecule has 0 radical (unpaired) electrons. The van der Waals surface area contributed by atoms with Gasteiger partial charge in [0.2, 0.25) is 0 Å². The van der Waals surface area contributed by atoms with Crippen molar-refractivity contribution >= 4 is 10.8 Å². The molecule has 0 aromatic heterocycles. The van der Waals surface area contributed by atoms with Gasteiger partial charge >= 0.3 is 0 Å². The largest absolute Gasteiger partial charge is 0.0991 e. The molecule has 31 heavy (non-hydrogen) atoms. The van der Waals surface area contributed by atoms with E-state index in [9.17, 15) is 0 Å². The minimum absolute atomic E-state index is 0.439. The van der Waals surface area contributed by atoms with E-state index in [1.165, 1.54) is 38.6 Å². The number of benzene rings is 3. The predicted octanol–water partition coefficient (Wildman–Crippen LogP) is 8.48. The maximum atomic E-state index is 4.24. The van der Waals surface area contributed by atoms with E-state index < -0.39 is 5.41 Å². The van der Waals surface area contributed by atoms with E-state index in [2.05, 4.69) is 111 Å². The van der Waals surface area contributed by atoms with Crippen molar-refractivity contribution in [2.24, 2.45) is 0 Å². The third-order valence-electron chi connectivity index (χ3n) is 6.19. The van der Waals surface area contributed by atoms with Gasteiger partial charge in [-0.05, 0) is 70.2 Å². The van der Waals surface area contributed by atoms with E-state index in [1.54, 1.807) is 0 Å². The first-order valence-electron chi connectivity index (χ1n) is 10.8. The lowest BCUT2D eigenvalue weighted by atomic mass is 9.66. The van der Waals surface area contributed by atoms with Crippen LogP contribution >= 0.6 is 0 Å². The van der Waals surface area contributed by atoms with Gasteiger partial charge in [-0.25, -0.2) is 0 Å². The van der Waals surface area contributed by atoms with Crippen LogP contribution in [-0.2, 0) is 5.41 Å². The van der Waals surface area contributed by atoms with Crippen molar-refractivity contribution in [3.63, 3.8) is 0 Å². The topological polar surface area (TPSA) is 0 Å². The van der Waals surface area contributed by atoms with Crippen LogP contribution < -0.4 is 0 Å². The summed E-state index contributed by atoms with van der Waals surface area (Å²) in [5.74, 6) is 0. The molecule has 4 rings (SSSR count). The second-order valence-corrected chi connectivity index (χ2v) is 7.73. The highest BCUT2D eigenvalue weighted by Crippen LogP contribution is 2.57. The van der Waals surface area contributed by atoms with Crippen LogP contribution in [0.2, 0.25) is 0 Å². The van der Waals surface area contributed by atoms with Crippen LogP contribution in [0, 0.1) is 0 Å². The smallest absolute Gasteiger partial charge is 0.0710 e. The molecular formula is C31H28. The first-order chi connectivity index (χ1) is 15.2. The van der Waals surface area contributed by atoms with Crippen LogP contribution in [0.25, 0.3) is 21.9 Å². The van der Waals surface area contributed by atoms with Crippen molar-refractivity contribution in [1.82, 2.24) is 0 Å². The van der Waals surface area contributed by atoms with Crippen LogP contribution in [0.15, 0.2) is 134 Å². The molecule has 1 aliphatic carbocycles. The van der Waals surface area contributed by atoms with Crippen molar-refractivity contribution in [2.45, 2.75) is 19.3 Å². The second-order valence-electron chi connectivity index (χ2n) is 7.73. The Hall–Kier alpha value is -3.64. The number of allylic oxidation sites excluding steroid dienone is 10. The van der Waals surface area contributed by atoms with Crippen LogP contribution in [0.3, 0.4) is 0 Å². The van der Waals surface area contributed by atoms with Gasteiger partial charge in [-0.2, -0.15) is 0 Å². The highest BCUT2D eigenvalue weighted by Gasteiger charge is 2.46. The standard InChI is InChI=1S/C31H28/c1-5-9-17-25(7-3)31(26(8-4)18-10-6-2)29-20-14-13-19-27(29)28-21-23-15-11-12-16-24(23)22-30(28)31/h5-22H,1,4H2,2-3H3/b10-6-,17-9-,25-7+,26-18+. The summed E-state index contributed by atoms with van der Waals surface area (Å²) in [6.45, 7) is 12.3. The summed E-state index contributed by atoms with van der Waals surface area (Å²) < 4.78 is 0. The molecule has 0 fully saturated rings. The maximum absolute atomic E-state index is 4.24. The third kappa shape index (κ3) is 3.16.